The van der Waals surface area contributed by atoms with Crippen LogP contribution in [0.2, 0.25) is 0 Å². The molecule has 38 heavy (non-hydrogen) atoms. The number of phosphoric acid groups is 1. The Labute approximate surface area is 227 Å². The molecule has 2 amide bonds. The SMILES string of the molecule is CCCCCCCCCCCOc1cccc(CCC(=O)NC[C@@H](O)COP(=O)(O)OCCNC(C)=O)c1. The Kier molecular flexibility index (Phi) is 18.8. The van der Waals surface area contributed by atoms with E-state index in [9.17, 15) is 24.2 Å². The van der Waals surface area contributed by atoms with Crippen LogP contribution in [0.4, 0.5) is 0 Å². The number of carbonyl (C=O) groups excluding carboxylic acids is 2. The zero-order valence-electron chi connectivity index (χ0n) is 23.0. The molecule has 0 spiro atoms. The van der Waals surface area contributed by atoms with Gasteiger partial charge in [0.05, 0.1) is 25.9 Å². The monoisotopic (exact) mass is 558 g/mol. The first-order valence-electron chi connectivity index (χ1n) is 13.7. The number of unbranched alkanes of at least 4 members (excludes halogenated alkanes) is 8. The molecule has 4 N–H and O–H groups in total. The summed E-state index contributed by atoms with van der Waals surface area (Å²) in [5, 5.41) is 14.9. The Morgan fingerprint density at radius 1 is 0.974 bits per heavy atom. The van der Waals surface area contributed by atoms with Crippen molar-refractivity contribution in [3.05, 3.63) is 29.8 Å². The fraction of sp³-hybridized carbons (Fsp3) is 0.704. The average molecular weight is 559 g/mol. The van der Waals surface area contributed by atoms with E-state index in [1.807, 2.05) is 24.3 Å². The summed E-state index contributed by atoms with van der Waals surface area (Å²) in [7, 11) is -4.37. The van der Waals surface area contributed by atoms with Crippen molar-refractivity contribution in [1.82, 2.24) is 10.6 Å². The van der Waals surface area contributed by atoms with Gasteiger partial charge in [-0.1, -0.05) is 70.4 Å². The number of amides is 2. The minimum Gasteiger partial charge on any atom is -0.494 e. The number of rotatable bonds is 23. The molecule has 2 atom stereocenters. The van der Waals surface area contributed by atoms with Crippen molar-refractivity contribution in [2.45, 2.75) is 90.6 Å². The molecule has 0 aromatic heterocycles. The van der Waals surface area contributed by atoms with E-state index in [4.69, 9.17) is 9.26 Å². The molecule has 0 aliphatic rings. The van der Waals surface area contributed by atoms with E-state index < -0.39 is 20.5 Å². The van der Waals surface area contributed by atoms with Gasteiger partial charge in [-0.05, 0) is 30.5 Å². The molecule has 0 saturated carbocycles. The van der Waals surface area contributed by atoms with Gasteiger partial charge in [0.1, 0.15) is 5.75 Å². The maximum absolute atomic E-state index is 12.1. The Morgan fingerprint density at radius 3 is 2.34 bits per heavy atom. The highest BCUT2D eigenvalue weighted by atomic mass is 31.2. The first-order valence-corrected chi connectivity index (χ1v) is 15.2. The van der Waals surface area contributed by atoms with Crippen LogP contribution >= 0.6 is 7.82 Å². The number of nitrogens with one attached hydrogen (secondary N) is 2. The highest BCUT2D eigenvalue weighted by molar-refractivity contribution is 7.47. The molecule has 0 bridgehead atoms. The van der Waals surface area contributed by atoms with Crippen molar-refractivity contribution < 1.29 is 37.9 Å². The number of hydrogen-bond acceptors (Lipinski definition) is 7. The molecule has 0 aliphatic carbocycles. The lowest BCUT2D eigenvalue weighted by molar-refractivity contribution is -0.121. The normalized spacial score (nSPS) is 13.5. The lowest BCUT2D eigenvalue weighted by Crippen LogP contribution is -2.34. The van der Waals surface area contributed by atoms with Gasteiger partial charge in [-0.25, -0.2) is 4.57 Å². The summed E-state index contributed by atoms with van der Waals surface area (Å²) in [5.74, 6) is 0.241. The highest BCUT2D eigenvalue weighted by Gasteiger charge is 2.22. The third kappa shape index (κ3) is 19.2. The van der Waals surface area contributed by atoms with Gasteiger partial charge in [0.25, 0.3) is 0 Å². The van der Waals surface area contributed by atoms with Gasteiger partial charge in [-0.2, -0.15) is 0 Å². The summed E-state index contributed by atoms with van der Waals surface area (Å²) in [4.78, 5) is 32.5. The molecule has 0 saturated heterocycles. The minimum atomic E-state index is -4.37. The Morgan fingerprint density at radius 2 is 1.66 bits per heavy atom. The highest BCUT2D eigenvalue weighted by Crippen LogP contribution is 2.42. The summed E-state index contributed by atoms with van der Waals surface area (Å²) < 4.78 is 27.0. The molecule has 1 unspecified atom stereocenters. The maximum Gasteiger partial charge on any atom is 0.472 e. The third-order valence-electron chi connectivity index (χ3n) is 5.75. The first-order chi connectivity index (χ1) is 18.2. The topological polar surface area (TPSA) is 143 Å². The zero-order chi connectivity index (χ0) is 28.1. The van der Waals surface area contributed by atoms with Gasteiger partial charge < -0.3 is 25.4 Å². The third-order valence-corrected chi connectivity index (χ3v) is 6.74. The first kappa shape index (κ1) is 34.1. The van der Waals surface area contributed by atoms with Crippen molar-refractivity contribution in [3.8, 4) is 5.75 Å². The molecule has 11 heteroatoms. The number of benzene rings is 1. The molecular weight excluding hydrogens is 511 g/mol. The number of aryl methyl sites for hydroxylation is 1. The van der Waals surface area contributed by atoms with E-state index in [0.29, 0.717) is 13.0 Å². The fourth-order valence-corrected chi connectivity index (χ4v) is 4.39. The smallest absolute Gasteiger partial charge is 0.472 e. The molecule has 0 fully saturated rings. The largest absolute Gasteiger partial charge is 0.494 e. The van der Waals surface area contributed by atoms with Crippen LogP contribution in [0, 0.1) is 0 Å². The van der Waals surface area contributed by atoms with Crippen LogP contribution in [0.1, 0.15) is 83.6 Å². The number of phosphoric ester groups is 1. The lowest BCUT2D eigenvalue weighted by atomic mass is 10.1. The van der Waals surface area contributed by atoms with Crippen LogP contribution < -0.4 is 15.4 Å². The summed E-state index contributed by atoms with van der Waals surface area (Å²) >= 11 is 0. The molecule has 1 aromatic carbocycles. The van der Waals surface area contributed by atoms with E-state index in [0.717, 1.165) is 17.7 Å². The van der Waals surface area contributed by atoms with E-state index >= 15 is 0 Å². The average Bonchev–Trinajstić information content (AvgIpc) is 2.89. The lowest BCUT2D eigenvalue weighted by Gasteiger charge is -2.16. The molecule has 218 valence electrons. The molecular formula is C27H47N2O8P. The Bertz CT molecular complexity index is 839. The zero-order valence-corrected chi connectivity index (χ0v) is 23.9. The van der Waals surface area contributed by atoms with Gasteiger partial charge in [0.2, 0.25) is 11.8 Å². The fourth-order valence-electron chi connectivity index (χ4n) is 3.64. The molecule has 0 aliphatic heterocycles. The summed E-state index contributed by atoms with van der Waals surface area (Å²) in [6.45, 7) is 3.44. The predicted molar refractivity (Wildman–Crippen MR) is 147 cm³/mol. The molecule has 0 heterocycles. The van der Waals surface area contributed by atoms with Crippen LogP contribution in [-0.4, -0.2) is 60.8 Å². The second-order valence-corrected chi connectivity index (χ2v) is 10.8. The number of ether oxygens (including phenoxy) is 1. The number of aliphatic hydroxyl groups excluding tert-OH is 1. The number of aliphatic hydroxyl groups is 1. The van der Waals surface area contributed by atoms with Crippen LogP contribution in [0.3, 0.4) is 0 Å². The van der Waals surface area contributed by atoms with Gasteiger partial charge in [-0.3, -0.25) is 18.6 Å². The molecule has 1 rings (SSSR count). The Balaban J connectivity index is 2.17. The maximum atomic E-state index is 12.1. The van der Waals surface area contributed by atoms with Crippen molar-refractivity contribution in [3.63, 3.8) is 0 Å². The van der Waals surface area contributed by atoms with Gasteiger partial charge >= 0.3 is 7.82 Å². The van der Waals surface area contributed by atoms with Gasteiger partial charge in [0, 0.05) is 26.4 Å². The van der Waals surface area contributed by atoms with Crippen molar-refractivity contribution in [2.24, 2.45) is 0 Å². The van der Waals surface area contributed by atoms with E-state index in [1.54, 1.807) is 0 Å². The van der Waals surface area contributed by atoms with Crippen LogP contribution in [-0.2, 0) is 29.6 Å². The predicted octanol–water partition coefficient (Wildman–Crippen LogP) is 4.28. The van der Waals surface area contributed by atoms with Crippen LogP contribution in [0.25, 0.3) is 0 Å². The van der Waals surface area contributed by atoms with Crippen LogP contribution in [0.15, 0.2) is 24.3 Å². The second-order valence-electron chi connectivity index (χ2n) is 9.36. The summed E-state index contributed by atoms with van der Waals surface area (Å²) in [6.07, 6.45) is 10.9. The van der Waals surface area contributed by atoms with Crippen molar-refractivity contribution in [1.29, 1.82) is 0 Å². The van der Waals surface area contributed by atoms with Crippen molar-refractivity contribution in [2.75, 3.05) is 32.9 Å². The van der Waals surface area contributed by atoms with Crippen LogP contribution in [0.5, 0.6) is 5.75 Å². The second kappa shape index (κ2) is 20.9. The minimum absolute atomic E-state index is 0.0518. The molecule has 0 radical (unpaired) electrons. The number of hydrogen-bond donors (Lipinski definition) is 4. The summed E-state index contributed by atoms with van der Waals surface area (Å²) in [5.41, 5.74) is 0.978. The van der Waals surface area contributed by atoms with E-state index in [1.165, 1.54) is 58.3 Å². The number of carbonyl (C=O) groups is 2. The molecule has 10 nitrogen and oxygen atoms in total. The van der Waals surface area contributed by atoms with E-state index in [2.05, 4.69) is 22.1 Å². The summed E-state index contributed by atoms with van der Waals surface area (Å²) in [6, 6.07) is 7.70. The quantitative estimate of drug-likeness (QED) is 0.115. The standard InChI is InChI=1S/C27H47N2O8P/c1-3-4-5-6-7-8-9-10-11-18-35-26-14-12-13-24(20-26)15-16-27(32)29-21-25(31)22-37-38(33,34)36-19-17-28-23(2)30/h12-14,20,25,31H,3-11,15-19,21-22H2,1-2H3,(H,28,30)(H,29,32)(H,33,34)/t25-/m1/s1. The van der Waals surface area contributed by atoms with Crippen molar-refractivity contribution >= 4 is 19.6 Å². The Hall–Kier alpha value is -1.97. The van der Waals surface area contributed by atoms with Gasteiger partial charge in [-0.15, -0.1) is 0 Å². The molecule has 1 aromatic rings. The van der Waals surface area contributed by atoms with Gasteiger partial charge in [0.15, 0.2) is 0 Å². The van der Waals surface area contributed by atoms with E-state index in [-0.39, 0.29) is 37.9 Å².